The molecule has 0 aliphatic rings. The minimum atomic E-state index is -0.114. The van der Waals surface area contributed by atoms with E-state index in [0.29, 0.717) is 11.4 Å². The Morgan fingerprint density at radius 2 is 2.30 bits per heavy atom. The number of halogens is 1. The molecule has 1 heterocycles. The van der Waals surface area contributed by atoms with Crippen LogP contribution in [0.2, 0.25) is 5.02 Å². The van der Waals surface area contributed by atoms with Gasteiger partial charge in [0.25, 0.3) is 0 Å². The number of aromatic nitrogens is 2. The lowest BCUT2D eigenvalue weighted by Gasteiger charge is -2.19. The van der Waals surface area contributed by atoms with Gasteiger partial charge in [0, 0.05) is 35.9 Å². The number of imidazole rings is 1. The first-order valence-electron chi connectivity index (χ1n) is 6.49. The van der Waals surface area contributed by atoms with Crippen LogP contribution in [0.5, 0.6) is 5.75 Å². The largest absolute Gasteiger partial charge is 0.496 e. The first kappa shape index (κ1) is 14.8. The van der Waals surface area contributed by atoms with E-state index in [-0.39, 0.29) is 6.04 Å². The monoisotopic (exact) mass is 294 g/mol. The fourth-order valence-corrected chi connectivity index (χ4v) is 2.42. The Labute approximate surface area is 123 Å². The van der Waals surface area contributed by atoms with E-state index in [1.807, 2.05) is 18.3 Å². The average Bonchev–Trinajstić information content (AvgIpc) is 2.91. The summed E-state index contributed by atoms with van der Waals surface area (Å²) in [5.74, 6) is 7.43. The highest BCUT2D eigenvalue weighted by Gasteiger charge is 2.18. The van der Waals surface area contributed by atoms with E-state index in [1.165, 1.54) is 0 Å². The van der Waals surface area contributed by atoms with Crippen LogP contribution < -0.4 is 16.0 Å². The highest BCUT2D eigenvalue weighted by atomic mass is 35.5. The summed E-state index contributed by atoms with van der Waals surface area (Å²) in [5.41, 5.74) is 3.74. The SMILES string of the molecule is CCn1ccnc1CC(NN)c1cc(Cl)ccc1OC. The lowest BCUT2D eigenvalue weighted by Crippen LogP contribution is -2.30. The number of benzene rings is 1. The summed E-state index contributed by atoms with van der Waals surface area (Å²) < 4.78 is 7.46. The van der Waals surface area contributed by atoms with Crippen LogP contribution >= 0.6 is 11.6 Å². The molecule has 0 aliphatic heterocycles. The summed E-state index contributed by atoms with van der Waals surface area (Å²) in [6, 6.07) is 5.39. The van der Waals surface area contributed by atoms with Crippen LogP contribution in [-0.4, -0.2) is 16.7 Å². The van der Waals surface area contributed by atoms with Crippen LogP contribution in [0.25, 0.3) is 0 Å². The molecule has 0 radical (unpaired) electrons. The van der Waals surface area contributed by atoms with Crippen molar-refractivity contribution in [2.75, 3.05) is 7.11 Å². The van der Waals surface area contributed by atoms with Gasteiger partial charge in [-0.1, -0.05) is 11.6 Å². The van der Waals surface area contributed by atoms with E-state index in [0.717, 1.165) is 23.7 Å². The molecule has 1 atom stereocenters. The maximum absolute atomic E-state index is 6.07. The van der Waals surface area contributed by atoms with Gasteiger partial charge in [-0.15, -0.1) is 0 Å². The van der Waals surface area contributed by atoms with Gasteiger partial charge in [0.2, 0.25) is 0 Å². The maximum Gasteiger partial charge on any atom is 0.123 e. The third kappa shape index (κ3) is 3.12. The molecule has 0 amide bonds. The van der Waals surface area contributed by atoms with Gasteiger partial charge >= 0.3 is 0 Å². The molecule has 2 aromatic rings. The molecule has 6 heteroatoms. The van der Waals surface area contributed by atoms with Gasteiger partial charge in [-0.25, -0.2) is 4.98 Å². The molecule has 1 aromatic carbocycles. The van der Waals surface area contributed by atoms with Crippen molar-refractivity contribution in [1.29, 1.82) is 0 Å². The number of nitrogens with two attached hydrogens (primary N) is 1. The first-order valence-corrected chi connectivity index (χ1v) is 6.87. The van der Waals surface area contributed by atoms with E-state index < -0.39 is 0 Å². The highest BCUT2D eigenvalue weighted by molar-refractivity contribution is 6.30. The molecule has 0 bridgehead atoms. The smallest absolute Gasteiger partial charge is 0.123 e. The number of hydrazine groups is 1. The predicted octanol–water partition coefficient (Wildman–Crippen LogP) is 2.31. The van der Waals surface area contributed by atoms with Gasteiger partial charge in [-0.2, -0.15) is 0 Å². The van der Waals surface area contributed by atoms with Crippen molar-refractivity contribution in [3.63, 3.8) is 0 Å². The maximum atomic E-state index is 6.07. The molecular formula is C14H19ClN4O. The van der Waals surface area contributed by atoms with Crippen molar-refractivity contribution in [3.05, 3.63) is 47.0 Å². The van der Waals surface area contributed by atoms with E-state index in [4.69, 9.17) is 22.2 Å². The molecule has 0 saturated carbocycles. The van der Waals surface area contributed by atoms with Gasteiger partial charge in [0.15, 0.2) is 0 Å². The van der Waals surface area contributed by atoms with Gasteiger partial charge in [-0.05, 0) is 25.1 Å². The summed E-state index contributed by atoms with van der Waals surface area (Å²) in [5, 5.41) is 0.653. The van der Waals surface area contributed by atoms with Crippen molar-refractivity contribution >= 4 is 11.6 Å². The molecule has 0 saturated heterocycles. The lowest BCUT2D eigenvalue weighted by molar-refractivity contribution is 0.397. The molecule has 20 heavy (non-hydrogen) atoms. The number of nitrogens with one attached hydrogen (secondary N) is 1. The Kier molecular flexibility index (Phi) is 5.00. The van der Waals surface area contributed by atoms with Crippen LogP contribution in [0.1, 0.15) is 24.4 Å². The number of nitrogens with zero attached hydrogens (tertiary/aromatic N) is 2. The molecule has 0 aliphatic carbocycles. The summed E-state index contributed by atoms with van der Waals surface area (Å²) in [6.07, 6.45) is 4.41. The van der Waals surface area contributed by atoms with Crippen LogP contribution in [0.4, 0.5) is 0 Å². The Bertz CT molecular complexity index is 570. The van der Waals surface area contributed by atoms with Gasteiger partial charge < -0.3 is 9.30 Å². The summed E-state index contributed by atoms with van der Waals surface area (Å²) >= 11 is 6.07. The second kappa shape index (κ2) is 6.74. The third-order valence-electron chi connectivity index (χ3n) is 3.30. The molecule has 5 nitrogen and oxygen atoms in total. The van der Waals surface area contributed by atoms with Crippen molar-refractivity contribution < 1.29 is 4.74 Å². The molecule has 3 N–H and O–H groups in total. The van der Waals surface area contributed by atoms with E-state index in [9.17, 15) is 0 Å². The number of ether oxygens (including phenoxy) is 1. The Balaban J connectivity index is 2.30. The minimum Gasteiger partial charge on any atom is -0.496 e. The zero-order valence-corrected chi connectivity index (χ0v) is 12.4. The van der Waals surface area contributed by atoms with Crippen molar-refractivity contribution in [2.45, 2.75) is 25.9 Å². The minimum absolute atomic E-state index is 0.114. The third-order valence-corrected chi connectivity index (χ3v) is 3.53. The number of methoxy groups -OCH3 is 1. The molecule has 2 rings (SSSR count). The fourth-order valence-electron chi connectivity index (χ4n) is 2.24. The number of aryl methyl sites for hydroxylation is 1. The quantitative estimate of drug-likeness (QED) is 0.634. The normalized spacial score (nSPS) is 12.4. The topological polar surface area (TPSA) is 65.1 Å². The first-order chi connectivity index (χ1) is 9.69. The van der Waals surface area contributed by atoms with Crippen LogP contribution in [0.3, 0.4) is 0 Å². The Hall–Kier alpha value is -1.56. The number of hydrogen-bond acceptors (Lipinski definition) is 4. The zero-order valence-electron chi connectivity index (χ0n) is 11.6. The van der Waals surface area contributed by atoms with E-state index in [1.54, 1.807) is 19.4 Å². The van der Waals surface area contributed by atoms with Crippen molar-refractivity contribution in [3.8, 4) is 5.75 Å². The Morgan fingerprint density at radius 1 is 1.50 bits per heavy atom. The standard InChI is InChI=1S/C14H19ClN4O/c1-3-19-7-6-17-14(19)9-12(18-16)11-8-10(15)4-5-13(11)20-2/h4-8,12,18H,3,9,16H2,1-2H3. The lowest BCUT2D eigenvalue weighted by atomic mass is 10.0. The van der Waals surface area contributed by atoms with Gasteiger partial charge in [-0.3, -0.25) is 11.3 Å². The number of rotatable bonds is 6. The van der Waals surface area contributed by atoms with Crippen molar-refractivity contribution in [1.82, 2.24) is 15.0 Å². The van der Waals surface area contributed by atoms with Gasteiger partial charge in [0.1, 0.15) is 11.6 Å². The number of hydrogen-bond donors (Lipinski definition) is 2. The molecular weight excluding hydrogens is 276 g/mol. The molecule has 1 unspecified atom stereocenters. The molecule has 0 spiro atoms. The summed E-state index contributed by atoms with van der Waals surface area (Å²) in [6.45, 7) is 2.95. The fraction of sp³-hybridized carbons (Fsp3) is 0.357. The van der Waals surface area contributed by atoms with Crippen LogP contribution in [0, 0.1) is 0 Å². The summed E-state index contributed by atoms with van der Waals surface area (Å²) in [4.78, 5) is 4.37. The van der Waals surface area contributed by atoms with Crippen LogP contribution in [0.15, 0.2) is 30.6 Å². The molecule has 0 fully saturated rings. The van der Waals surface area contributed by atoms with E-state index in [2.05, 4.69) is 21.9 Å². The van der Waals surface area contributed by atoms with Crippen LogP contribution in [-0.2, 0) is 13.0 Å². The highest BCUT2D eigenvalue weighted by Crippen LogP contribution is 2.29. The second-order valence-electron chi connectivity index (χ2n) is 4.44. The zero-order chi connectivity index (χ0) is 14.5. The predicted molar refractivity (Wildman–Crippen MR) is 79.7 cm³/mol. The molecule has 1 aromatic heterocycles. The van der Waals surface area contributed by atoms with E-state index >= 15 is 0 Å². The molecule has 108 valence electrons. The Morgan fingerprint density at radius 3 is 2.95 bits per heavy atom. The average molecular weight is 295 g/mol. The van der Waals surface area contributed by atoms with Crippen molar-refractivity contribution in [2.24, 2.45) is 5.84 Å². The summed E-state index contributed by atoms with van der Waals surface area (Å²) in [7, 11) is 1.63. The van der Waals surface area contributed by atoms with Gasteiger partial charge in [0.05, 0.1) is 13.2 Å². The second-order valence-corrected chi connectivity index (χ2v) is 4.88.